The fourth-order valence-electron chi connectivity index (χ4n) is 1.37. The van der Waals surface area contributed by atoms with Gasteiger partial charge in [0.25, 0.3) is 0 Å². The Kier molecular flexibility index (Phi) is 2.52. The predicted octanol–water partition coefficient (Wildman–Crippen LogP) is 2.52. The van der Waals surface area contributed by atoms with Crippen molar-refractivity contribution in [2.45, 2.75) is 0 Å². The summed E-state index contributed by atoms with van der Waals surface area (Å²) in [7, 11) is 0. The third kappa shape index (κ3) is 1.65. The molecule has 1 heterocycles. The maximum Gasteiger partial charge on any atom is 0.321 e. The molecule has 0 radical (unpaired) electrons. The van der Waals surface area contributed by atoms with Crippen molar-refractivity contribution in [1.82, 2.24) is 5.32 Å². The van der Waals surface area contributed by atoms with Crippen molar-refractivity contribution in [3.05, 3.63) is 28.2 Å². The molecule has 0 aromatic heterocycles. The van der Waals surface area contributed by atoms with Crippen molar-refractivity contribution in [2.24, 2.45) is 0 Å². The van der Waals surface area contributed by atoms with Gasteiger partial charge in [0.05, 0.1) is 10.0 Å². The van der Waals surface area contributed by atoms with E-state index in [9.17, 15) is 4.79 Å². The third-order valence-corrected chi connectivity index (χ3v) is 2.81. The van der Waals surface area contributed by atoms with E-state index in [1.807, 2.05) is 0 Å². The molecule has 0 bridgehead atoms. The molecule has 0 spiro atoms. The van der Waals surface area contributed by atoms with Crippen LogP contribution in [0.4, 0.5) is 10.5 Å². The molecule has 2 rings (SSSR count). The van der Waals surface area contributed by atoms with Crippen LogP contribution in [0.5, 0.6) is 0 Å². The summed E-state index contributed by atoms with van der Waals surface area (Å²) in [5.41, 5.74) is 0.773. The molecule has 14 heavy (non-hydrogen) atoms. The Labute approximate surface area is 91.6 Å². The number of nitrogens with one attached hydrogen (secondary N) is 1. The normalized spacial score (nSPS) is 15.9. The summed E-state index contributed by atoms with van der Waals surface area (Å²) in [6.07, 6.45) is 0. The Morgan fingerprint density at radius 2 is 2.07 bits per heavy atom. The summed E-state index contributed by atoms with van der Waals surface area (Å²) < 4.78 is 0. The van der Waals surface area contributed by atoms with E-state index in [2.05, 4.69) is 5.32 Å². The molecular formula is C9H8Cl2N2O. The standard InChI is InChI=1S/C9H8Cl2N2O/c10-7-2-1-6(5-8(7)11)13-4-3-12-9(13)14/h1-2,5H,3-4H2,(H,12,14). The average molecular weight is 231 g/mol. The number of hydrogen-bond donors (Lipinski definition) is 1. The quantitative estimate of drug-likeness (QED) is 0.791. The van der Waals surface area contributed by atoms with E-state index in [4.69, 9.17) is 23.2 Å². The highest BCUT2D eigenvalue weighted by Gasteiger charge is 2.21. The lowest BCUT2D eigenvalue weighted by Crippen LogP contribution is -2.27. The SMILES string of the molecule is O=C1NCCN1c1ccc(Cl)c(Cl)c1. The number of urea groups is 1. The minimum atomic E-state index is -0.0941. The van der Waals surface area contributed by atoms with Crippen LogP contribution in [0.3, 0.4) is 0 Å². The van der Waals surface area contributed by atoms with Crippen LogP contribution in [-0.4, -0.2) is 19.1 Å². The van der Waals surface area contributed by atoms with Crippen molar-refractivity contribution >= 4 is 34.9 Å². The summed E-state index contributed by atoms with van der Waals surface area (Å²) in [6.45, 7) is 1.33. The van der Waals surface area contributed by atoms with E-state index < -0.39 is 0 Å². The molecular weight excluding hydrogens is 223 g/mol. The van der Waals surface area contributed by atoms with Gasteiger partial charge in [-0.25, -0.2) is 4.79 Å². The molecule has 0 aliphatic carbocycles. The van der Waals surface area contributed by atoms with E-state index >= 15 is 0 Å². The lowest BCUT2D eigenvalue weighted by Gasteiger charge is -2.14. The van der Waals surface area contributed by atoms with Crippen molar-refractivity contribution in [2.75, 3.05) is 18.0 Å². The topological polar surface area (TPSA) is 32.3 Å². The first-order valence-electron chi connectivity index (χ1n) is 4.19. The van der Waals surface area contributed by atoms with Gasteiger partial charge in [0.15, 0.2) is 0 Å². The second-order valence-electron chi connectivity index (χ2n) is 2.98. The molecule has 1 aromatic rings. The van der Waals surface area contributed by atoms with Crippen LogP contribution in [0.25, 0.3) is 0 Å². The number of carbonyl (C=O) groups is 1. The predicted molar refractivity (Wildman–Crippen MR) is 57.2 cm³/mol. The summed E-state index contributed by atoms with van der Waals surface area (Å²) in [5.74, 6) is 0. The van der Waals surface area contributed by atoms with Crippen LogP contribution in [0, 0.1) is 0 Å². The number of hydrogen-bond acceptors (Lipinski definition) is 1. The molecule has 0 saturated carbocycles. The van der Waals surface area contributed by atoms with Crippen LogP contribution < -0.4 is 10.2 Å². The summed E-state index contributed by atoms with van der Waals surface area (Å²) in [4.78, 5) is 12.9. The van der Waals surface area contributed by atoms with Crippen molar-refractivity contribution in [1.29, 1.82) is 0 Å². The average Bonchev–Trinajstić information content (AvgIpc) is 2.57. The molecule has 3 nitrogen and oxygen atoms in total. The first kappa shape index (κ1) is 9.62. The van der Waals surface area contributed by atoms with E-state index in [1.54, 1.807) is 23.1 Å². The second kappa shape index (κ2) is 3.67. The summed E-state index contributed by atoms with van der Waals surface area (Å²) in [5, 5.41) is 3.67. The molecule has 1 saturated heterocycles. The molecule has 5 heteroatoms. The minimum absolute atomic E-state index is 0.0941. The van der Waals surface area contributed by atoms with Crippen molar-refractivity contribution in [3.63, 3.8) is 0 Å². The molecule has 1 N–H and O–H groups in total. The van der Waals surface area contributed by atoms with Crippen LogP contribution in [0.1, 0.15) is 0 Å². The third-order valence-electron chi connectivity index (χ3n) is 2.07. The van der Waals surface area contributed by atoms with Gasteiger partial charge in [0, 0.05) is 18.8 Å². The Morgan fingerprint density at radius 1 is 1.29 bits per heavy atom. The second-order valence-corrected chi connectivity index (χ2v) is 3.80. The molecule has 1 aliphatic rings. The van der Waals surface area contributed by atoms with Crippen molar-refractivity contribution < 1.29 is 4.79 Å². The maximum atomic E-state index is 11.3. The van der Waals surface area contributed by atoms with Crippen molar-refractivity contribution in [3.8, 4) is 0 Å². The van der Waals surface area contributed by atoms with E-state index in [0.29, 0.717) is 23.1 Å². The molecule has 0 atom stereocenters. The molecule has 1 aliphatic heterocycles. The maximum absolute atomic E-state index is 11.3. The summed E-state index contributed by atoms with van der Waals surface area (Å²) >= 11 is 11.6. The summed E-state index contributed by atoms with van der Waals surface area (Å²) in [6, 6.07) is 5.06. The van der Waals surface area contributed by atoms with Crippen LogP contribution in [0.15, 0.2) is 18.2 Å². The van der Waals surface area contributed by atoms with Gasteiger partial charge in [0.2, 0.25) is 0 Å². The number of benzene rings is 1. The Balaban J connectivity index is 2.32. The highest BCUT2D eigenvalue weighted by atomic mass is 35.5. The number of amides is 2. The monoisotopic (exact) mass is 230 g/mol. The van der Waals surface area contributed by atoms with E-state index in [1.165, 1.54) is 0 Å². The van der Waals surface area contributed by atoms with Gasteiger partial charge in [-0.05, 0) is 18.2 Å². The zero-order chi connectivity index (χ0) is 10.1. The lowest BCUT2D eigenvalue weighted by atomic mass is 10.3. The first-order chi connectivity index (χ1) is 6.68. The number of halogens is 2. The molecule has 1 aromatic carbocycles. The fourth-order valence-corrected chi connectivity index (χ4v) is 1.66. The molecule has 1 fully saturated rings. The van der Waals surface area contributed by atoms with Crippen LogP contribution in [-0.2, 0) is 0 Å². The van der Waals surface area contributed by atoms with Gasteiger partial charge in [-0.3, -0.25) is 4.90 Å². The molecule has 2 amide bonds. The van der Waals surface area contributed by atoms with E-state index in [0.717, 1.165) is 5.69 Å². The molecule has 74 valence electrons. The smallest absolute Gasteiger partial charge is 0.321 e. The van der Waals surface area contributed by atoms with Crippen LogP contribution >= 0.6 is 23.2 Å². The largest absolute Gasteiger partial charge is 0.336 e. The van der Waals surface area contributed by atoms with Gasteiger partial charge >= 0.3 is 6.03 Å². The van der Waals surface area contributed by atoms with Gasteiger partial charge < -0.3 is 5.32 Å². The Hall–Kier alpha value is -0.930. The lowest BCUT2D eigenvalue weighted by molar-refractivity contribution is 0.252. The minimum Gasteiger partial charge on any atom is -0.336 e. The highest BCUT2D eigenvalue weighted by molar-refractivity contribution is 6.42. The number of nitrogens with zero attached hydrogens (tertiary/aromatic N) is 1. The number of rotatable bonds is 1. The van der Waals surface area contributed by atoms with Gasteiger partial charge in [0.1, 0.15) is 0 Å². The Morgan fingerprint density at radius 3 is 2.64 bits per heavy atom. The van der Waals surface area contributed by atoms with Gasteiger partial charge in [-0.2, -0.15) is 0 Å². The van der Waals surface area contributed by atoms with Gasteiger partial charge in [-0.15, -0.1) is 0 Å². The number of anilines is 1. The zero-order valence-electron chi connectivity index (χ0n) is 7.26. The Bertz CT molecular complexity index is 381. The highest BCUT2D eigenvalue weighted by Crippen LogP contribution is 2.27. The first-order valence-corrected chi connectivity index (χ1v) is 4.94. The zero-order valence-corrected chi connectivity index (χ0v) is 8.77. The number of carbonyl (C=O) groups excluding carboxylic acids is 1. The molecule has 0 unspecified atom stereocenters. The van der Waals surface area contributed by atoms with Gasteiger partial charge in [-0.1, -0.05) is 23.2 Å². The van der Waals surface area contributed by atoms with Crippen LogP contribution in [0.2, 0.25) is 10.0 Å². The fraction of sp³-hybridized carbons (Fsp3) is 0.222. The van der Waals surface area contributed by atoms with E-state index in [-0.39, 0.29) is 6.03 Å².